The van der Waals surface area contributed by atoms with Gasteiger partial charge in [-0.15, -0.1) is 0 Å². The highest BCUT2D eigenvalue weighted by atomic mass is 16.3. The van der Waals surface area contributed by atoms with Gasteiger partial charge in [0, 0.05) is 37.8 Å². The van der Waals surface area contributed by atoms with Gasteiger partial charge in [0.05, 0.1) is 17.5 Å². The number of hydrogen-bond donors (Lipinski definition) is 4. The lowest BCUT2D eigenvalue weighted by Gasteiger charge is -2.52. The highest BCUT2D eigenvalue weighted by Gasteiger charge is 2.69. The Morgan fingerprint density at radius 3 is 2.29 bits per heavy atom. The lowest BCUT2D eigenvalue weighted by molar-refractivity contribution is -0.181. The number of ketones is 4. The van der Waals surface area contributed by atoms with Crippen molar-refractivity contribution in [2.24, 2.45) is 29.4 Å². The number of phenols is 1. The molecule has 4 aliphatic carbocycles. The van der Waals surface area contributed by atoms with Crippen LogP contribution < -0.4 is 16.0 Å². The number of aromatic hydroxyl groups is 1. The molecule has 42 heavy (non-hydrogen) atoms. The molecule has 5 rings (SSSR count). The van der Waals surface area contributed by atoms with Crippen LogP contribution in [-0.4, -0.2) is 89.5 Å². The van der Waals surface area contributed by atoms with E-state index < -0.39 is 64.4 Å². The summed E-state index contributed by atoms with van der Waals surface area (Å²) in [7, 11) is 6.88. The van der Waals surface area contributed by atoms with E-state index in [4.69, 9.17) is 5.73 Å². The van der Waals surface area contributed by atoms with Crippen molar-refractivity contribution in [1.82, 2.24) is 10.2 Å². The van der Waals surface area contributed by atoms with Gasteiger partial charge in [-0.2, -0.15) is 0 Å². The highest BCUT2D eigenvalue weighted by molar-refractivity contribution is 6.32. The fourth-order valence-corrected chi connectivity index (χ4v) is 8.24. The van der Waals surface area contributed by atoms with Crippen LogP contribution in [0.2, 0.25) is 0 Å². The number of hydrogen-bond acceptors (Lipinski definition) is 10. The molecule has 0 aromatic heterocycles. The molecule has 0 radical (unpaired) electrons. The molecular formula is C31H42N4O7. The number of likely N-dealkylation sites (N-methyl/N-ethyl adjacent to an activating group) is 1. The van der Waals surface area contributed by atoms with E-state index in [1.165, 1.54) is 11.3 Å². The van der Waals surface area contributed by atoms with Crippen molar-refractivity contribution < 1.29 is 34.2 Å². The molecule has 1 aromatic carbocycles. The summed E-state index contributed by atoms with van der Waals surface area (Å²) in [5.74, 6) is -10.4. The number of nitrogens with one attached hydrogen (secondary N) is 1. The Morgan fingerprint density at radius 2 is 1.71 bits per heavy atom. The van der Waals surface area contributed by atoms with Gasteiger partial charge < -0.3 is 26.2 Å². The third-order valence-electron chi connectivity index (χ3n) is 10.2. The highest BCUT2D eigenvalue weighted by Crippen LogP contribution is 2.52. The zero-order valence-electron chi connectivity index (χ0n) is 25.0. The maximum Gasteiger partial charge on any atom is 0.235 e. The third kappa shape index (κ3) is 4.48. The second-order valence-electron chi connectivity index (χ2n) is 13.4. The van der Waals surface area contributed by atoms with Crippen LogP contribution in [0.3, 0.4) is 0 Å². The van der Waals surface area contributed by atoms with Gasteiger partial charge in [-0.25, -0.2) is 0 Å². The molecule has 11 nitrogen and oxygen atoms in total. The SMILES string of the molecule is CN(C)c1c(CNC2(C)CCCCC2)cc(O)c2c1C[C@H]1C[C@H]3[C@H](N(C)C)C(=O)C(C(N)=O)C(=O)[C@@]3(O)C(=O)C1C2=O. The monoisotopic (exact) mass is 582 g/mol. The van der Waals surface area contributed by atoms with E-state index in [9.17, 15) is 34.2 Å². The topological polar surface area (TPSA) is 170 Å². The standard InChI is InChI=1S/C31H42N4O7/c1-30(9-7-6-8-10-30)33-14-16-13-19(36)21-17(23(16)34(2)3)11-15-12-18-24(35(4)5)26(38)22(29(32)41)28(40)31(18,42)27(39)20(15)25(21)37/h13,15,18,20,22,24,33,36,42H,6-12,14H2,1-5H3,(H2,32,41)/t15-,18-,20?,22?,24-,31-/m0/s1. The van der Waals surface area contributed by atoms with Crippen molar-refractivity contribution in [2.75, 3.05) is 33.1 Å². The molecule has 3 fully saturated rings. The number of anilines is 1. The Bertz CT molecular complexity index is 1370. The Hall–Kier alpha value is -3.15. The number of carbonyl (C=O) groups excluding carboxylic acids is 5. The lowest BCUT2D eigenvalue weighted by Crippen LogP contribution is -2.74. The van der Waals surface area contributed by atoms with Crippen molar-refractivity contribution in [1.29, 1.82) is 0 Å². The average Bonchev–Trinajstić information content (AvgIpc) is 2.89. The number of nitrogens with zero attached hydrogens (tertiary/aromatic N) is 2. The van der Waals surface area contributed by atoms with E-state index in [1.807, 2.05) is 19.0 Å². The number of Topliss-reactive ketones (excluding diaryl/α,β-unsaturated/α-hetero) is 4. The number of rotatable bonds is 6. The van der Waals surface area contributed by atoms with Crippen LogP contribution >= 0.6 is 0 Å². The first-order valence-corrected chi connectivity index (χ1v) is 14.8. The molecule has 0 saturated heterocycles. The summed E-state index contributed by atoms with van der Waals surface area (Å²) in [4.78, 5) is 70.4. The normalized spacial score (nSPS) is 32.3. The van der Waals surface area contributed by atoms with Gasteiger partial charge in [0.1, 0.15) is 5.75 Å². The van der Waals surface area contributed by atoms with Crippen molar-refractivity contribution in [3.8, 4) is 5.75 Å². The van der Waals surface area contributed by atoms with E-state index in [0.717, 1.165) is 36.9 Å². The number of aliphatic hydroxyl groups is 1. The summed E-state index contributed by atoms with van der Waals surface area (Å²) in [6, 6.07) is 0.437. The van der Waals surface area contributed by atoms with Crippen molar-refractivity contribution >= 4 is 34.7 Å². The first kappa shape index (κ1) is 30.3. The number of fused-ring (bicyclic) bond motifs is 3. The summed E-state index contributed by atoms with van der Waals surface area (Å²) in [5, 5.41) is 26.6. The van der Waals surface area contributed by atoms with Gasteiger partial charge in [-0.3, -0.25) is 28.9 Å². The number of nitrogens with two attached hydrogens (primary N) is 1. The molecule has 228 valence electrons. The summed E-state index contributed by atoms with van der Waals surface area (Å²) in [6.07, 6.45) is 5.88. The first-order valence-electron chi connectivity index (χ1n) is 14.8. The van der Waals surface area contributed by atoms with Crippen LogP contribution in [0.25, 0.3) is 0 Å². The summed E-state index contributed by atoms with van der Waals surface area (Å²) in [6.45, 7) is 2.69. The molecule has 6 atom stereocenters. The van der Waals surface area contributed by atoms with Crippen LogP contribution in [0.4, 0.5) is 5.69 Å². The van der Waals surface area contributed by atoms with E-state index in [2.05, 4.69) is 12.2 Å². The largest absolute Gasteiger partial charge is 0.507 e. The molecule has 4 aliphatic rings. The minimum absolute atomic E-state index is 0.0120. The van der Waals surface area contributed by atoms with Crippen LogP contribution in [-0.2, 0) is 32.1 Å². The number of amides is 1. The molecule has 2 unspecified atom stereocenters. The van der Waals surface area contributed by atoms with Crippen LogP contribution in [0, 0.1) is 23.7 Å². The van der Waals surface area contributed by atoms with Crippen LogP contribution in [0.5, 0.6) is 5.75 Å². The minimum Gasteiger partial charge on any atom is -0.507 e. The molecule has 5 N–H and O–H groups in total. The molecule has 1 amide bonds. The smallest absolute Gasteiger partial charge is 0.235 e. The zero-order valence-corrected chi connectivity index (χ0v) is 25.0. The molecular weight excluding hydrogens is 540 g/mol. The Morgan fingerprint density at radius 1 is 1.07 bits per heavy atom. The maximum absolute atomic E-state index is 14.0. The summed E-state index contributed by atoms with van der Waals surface area (Å²) in [5.41, 5.74) is 4.86. The van der Waals surface area contributed by atoms with E-state index in [-0.39, 0.29) is 29.7 Å². The molecule has 0 bridgehead atoms. The Balaban J connectivity index is 1.58. The van der Waals surface area contributed by atoms with Gasteiger partial charge in [0.15, 0.2) is 34.7 Å². The van der Waals surface area contributed by atoms with Gasteiger partial charge in [0.2, 0.25) is 5.91 Å². The number of benzene rings is 1. The van der Waals surface area contributed by atoms with Crippen molar-refractivity contribution in [2.45, 2.75) is 75.6 Å². The predicted octanol–water partition coefficient (Wildman–Crippen LogP) is 0.745. The summed E-state index contributed by atoms with van der Waals surface area (Å²) < 4.78 is 0. The van der Waals surface area contributed by atoms with Crippen molar-refractivity contribution in [3.05, 3.63) is 22.8 Å². The molecule has 1 aromatic rings. The maximum atomic E-state index is 14.0. The van der Waals surface area contributed by atoms with Gasteiger partial charge in [-0.05, 0) is 69.8 Å². The van der Waals surface area contributed by atoms with Crippen LogP contribution in [0.15, 0.2) is 6.07 Å². The van der Waals surface area contributed by atoms with Crippen LogP contribution in [0.1, 0.15) is 66.9 Å². The Labute approximate surface area is 245 Å². The third-order valence-corrected chi connectivity index (χ3v) is 10.2. The fourth-order valence-electron chi connectivity index (χ4n) is 8.24. The van der Waals surface area contributed by atoms with E-state index >= 15 is 0 Å². The molecule has 0 aliphatic heterocycles. The lowest BCUT2D eigenvalue weighted by atomic mass is 9.52. The molecule has 11 heteroatoms. The minimum atomic E-state index is -2.73. The zero-order chi connectivity index (χ0) is 30.9. The van der Waals surface area contributed by atoms with E-state index in [1.54, 1.807) is 20.2 Å². The number of primary amides is 1. The second kappa shape index (κ2) is 10.5. The summed E-state index contributed by atoms with van der Waals surface area (Å²) >= 11 is 0. The first-order chi connectivity index (χ1) is 19.6. The molecule has 3 saturated carbocycles. The van der Waals surface area contributed by atoms with Crippen molar-refractivity contribution in [3.63, 3.8) is 0 Å². The van der Waals surface area contributed by atoms with Gasteiger partial charge >= 0.3 is 0 Å². The molecule has 0 spiro atoms. The number of carbonyl (C=O) groups is 5. The average molecular weight is 583 g/mol. The Kier molecular flexibility index (Phi) is 7.60. The fraction of sp³-hybridized carbons (Fsp3) is 0.645. The van der Waals surface area contributed by atoms with E-state index in [0.29, 0.717) is 12.1 Å². The quantitative estimate of drug-likeness (QED) is 0.351. The predicted molar refractivity (Wildman–Crippen MR) is 154 cm³/mol. The number of phenolic OH excluding ortho intramolecular Hbond substituents is 1. The molecule has 0 heterocycles. The van der Waals surface area contributed by atoms with Gasteiger partial charge in [0.25, 0.3) is 0 Å². The second-order valence-corrected chi connectivity index (χ2v) is 13.4. The van der Waals surface area contributed by atoms with Gasteiger partial charge in [-0.1, -0.05) is 19.3 Å².